The van der Waals surface area contributed by atoms with Gasteiger partial charge in [-0.1, -0.05) is 6.07 Å². The lowest BCUT2D eigenvalue weighted by Crippen LogP contribution is -2.47. The van der Waals surface area contributed by atoms with Crippen molar-refractivity contribution in [3.63, 3.8) is 0 Å². The molecule has 6 nitrogen and oxygen atoms in total. The van der Waals surface area contributed by atoms with E-state index in [0.717, 1.165) is 37.4 Å². The lowest BCUT2D eigenvalue weighted by molar-refractivity contribution is 0.0864. The molecule has 1 saturated heterocycles. The molecule has 6 rings (SSSR count). The molecule has 1 N–H and O–H groups in total. The number of amides is 1. The van der Waals surface area contributed by atoms with Crippen molar-refractivity contribution in [3.05, 3.63) is 76.7 Å². The zero-order valence-corrected chi connectivity index (χ0v) is 17.9. The largest absolute Gasteiger partial charge is 0.377 e. The molecule has 4 heterocycles. The van der Waals surface area contributed by atoms with Crippen molar-refractivity contribution in [2.45, 2.75) is 31.3 Å². The standard InChI is InChI=1S/C25H22F2N4O2/c26-18-2-1-3-19(27)23(18)20-11-15(22-21(30-20)13-29-24(22)32)10-16-4-5-17(12-28-16)31-8-9-33-14-25(31)6-7-25/h1-5,11-12H,6-10,13-14H2,(H,29,32). The maximum Gasteiger partial charge on any atom is 0.253 e. The molecule has 1 aromatic carbocycles. The summed E-state index contributed by atoms with van der Waals surface area (Å²) < 4.78 is 34.5. The van der Waals surface area contributed by atoms with Gasteiger partial charge in [0.25, 0.3) is 5.91 Å². The van der Waals surface area contributed by atoms with Crippen molar-refractivity contribution in [2.75, 3.05) is 24.7 Å². The number of benzene rings is 1. The Morgan fingerprint density at radius 1 is 1.12 bits per heavy atom. The van der Waals surface area contributed by atoms with Crippen molar-refractivity contribution in [3.8, 4) is 11.3 Å². The van der Waals surface area contributed by atoms with Gasteiger partial charge in [0, 0.05) is 18.7 Å². The van der Waals surface area contributed by atoms with Crippen LogP contribution in [0.1, 0.15) is 40.2 Å². The van der Waals surface area contributed by atoms with Crippen LogP contribution in [0.15, 0.2) is 42.6 Å². The molecular formula is C25H22F2N4O2. The van der Waals surface area contributed by atoms with E-state index in [0.29, 0.717) is 29.8 Å². The third kappa shape index (κ3) is 3.45. The van der Waals surface area contributed by atoms with Gasteiger partial charge in [-0.3, -0.25) is 9.78 Å². The molecule has 0 atom stereocenters. The van der Waals surface area contributed by atoms with Gasteiger partial charge in [-0.15, -0.1) is 0 Å². The highest BCUT2D eigenvalue weighted by Gasteiger charge is 2.50. The molecule has 1 amide bonds. The predicted octanol–water partition coefficient (Wildman–Crippen LogP) is 3.63. The number of ether oxygens (including phenoxy) is 1. The lowest BCUT2D eigenvalue weighted by Gasteiger charge is -2.37. The second-order valence-electron chi connectivity index (χ2n) is 8.88. The number of carbonyl (C=O) groups excluding carboxylic acids is 1. The van der Waals surface area contributed by atoms with Gasteiger partial charge in [0.15, 0.2) is 0 Å². The number of halogens is 2. The summed E-state index contributed by atoms with van der Waals surface area (Å²) in [5.74, 6) is -1.60. The van der Waals surface area contributed by atoms with Gasteiger partial charge in [0.1, 0.15) is 11.6 Å². The van der Waals surface area contributed by atoms with Crippen LogP contribution in [-0.4, -0.2) is 41.2 Å². The summed E-state index contributed by atoms with van der Waals surface area (Å²) >= 11 is 0. The topological polar surface area (TPSA) is 67.4 Å². The van der Waals surface area contributed by atoms with E-state index >= 15 is 0 Å². The van der Waals surface area contributed by atoms with E-state index in [-0.39, 0.29) is 29.2 Å². The van der Waals surface area contributed by atoms with Crippen LogP contribution in [0.5, 0.6) is 0 Å². The van der Waals surface area contributed by atoms with E-state index in [9.17, 15) is 13.6 Å². The number of morpholine rings is 1. The van der Waals surface area contributed by atoms with Crippen molar-refractivity contribution < 1.29 is 18.3 Å². The minimum absolute atomic E-state index is 0.115. The van der Waals surface area contributed by atoms with E-state index in [1.807, 2.05) is 18.3 Å². The first-order chi connectivity index (χ1) is 16.0. The van der Waals surface area contributed by atoms with Gasteiger partial charge in [0.05, 0.1) is 59.7 Å². The number of anilines is 1. The Morgan fingerprint density at radius 3 is 2.67 bits per heavy atom. The second-order valence-corrected chi connectivity index (χ2v) is 8.88. The molecule has 1 spiro atoms. The molecule has 3 aliphatic rings. The van der Waals surface area contributed by atoms with Crippen molar-refractivity contribution >= 4 is 11.6 Å². The van der Waals surface area contributed by atoms with Crippen molar-refractivity contribution in [2.24, 2.45) is 0 Å². The summed E-state index contributed by atoms with van der Waals surface area (Å²) in [7, 11) is 0. The van der Waals surface area contributed by atoms with Gasteiger partial charge in [0.2, 0.25) is 0 Å². The van der Waals surface area contributed by atoms with E-state index in [1.165, 1.54) is 18.2 Å². The summed E-state index contributed by atoms with van der Waals surface area (Å²) in [5, 5.41) is 2.76. The number of fused-ring (bicyclic) bond motifs is 1. The normalized spacial score (nSPS) is 18.4. The smallest absolute Gasteiger partial charge is 0.253 e. The van der Waals surface area contributed by atoms with E-state index < -0.39 is 11.6 Å². The van der Waals surface area contributed by atoms with Crippen LogP contribution in [0.4, 0.5) is 14.5 Å². The number of nitrogens with zero attached hydrogens (tertiary/aromatic N) is 3. The SMILES string of the molecule is O=C1NCc2nc(-c3c(F)cccc3F)cc(Cc3ccc(N4CCOCC45CC5)cn3)c21. The maximum atomic E-state index is 14.4. The molecule has 33 heavy (non-hydrogen) atoms. The Labute approximate surface area is 189 Å². The Kier molecular flexibility index (Phi) is 4.65. The molecule has 3 aromatic rings. The Bertz CT molecular complexity index is 1240. The molecule has 168 valence electrons. The summed E-state index contributed by atoms with van der Waals surface area (Å²) in [6.07, 6.45) is 4.47. The highest BCUT2D eigenvalue weighted by Crippen LogP contribution is 2.45. The van der Waals surface area contributed by atoms with Gasteiger partial charge in [-0.25, -0.2) is 13.8 Å². The molecular weight excluding hydrogens is 426 g/mol. The zero-order chi connectivity index (χ0) is 22.6. The number of carbonyl (C=O) groups is 1. The lowest BCUT2D eigenvalue weighted by atomic mass is 9.98. The molecule has 0 radical (unpaired) electrons. The first kappa shape index (κ1) is 20.2. The molecule has 1 aliphatic carbocycles. The fraction of sp³-hybridized carbons (Fsp3) is 0.320. The molecule has 0 bridgehead atoms. The first-order valence-electron chi connectivity index (χ1n) is 11.1. The number of rotatable bonds is 4. The predicted molar refractivity (Wildman–Crippen MR) is 118 cm³/mol. The molecule has 0 unspecified atom stereocenters. The maximum absolute atomic E-state index is 14.4. The van der Waals surface area contributed by atoms with Gasteiger partial charge >= 0.3 is 0 Å². The van der Waals surface area contributed by atoms with Crippen molar-refractivity contribution in [1.29, 1.82) is 0 Å². The highest BCUT2D eigenvalue weighted by atomic mass is 19.1. The van der Waals surface area contributed by atoms with Gasteiger partial charge in [-0.2, -0.15) is 0 Å². The Balaban J connectivity index is 1.34. The second kappa shape index (κ2) is 7.59. The molecule has 2 aromatic heterocycles. The van der Waals surface area contributed by atoms with Gasteiger partial charge < -0.3 is 15.0 Å². The van der Waals surface area contributed by atoms with Crippen LogP contribution in [0.3, 0.4) is 0 Å². The van der Waals surface area contributed by atoms with E-state index in [1.54, 1.807) is 6.07 Å². The van der Waals surface area contributed by atoms with Crippen LogP contribution in [-0.2, 0) is 17.7 Å². The van der Waals surface area contributed by atoms with E-state index in [2.05, 4.69) is 20.2 Å². The molecule has 1 saturated carbocycles. The van der Waals surface area contributed by atoms with Crippen LogP contribution in [0, 0.1) is 11.6 Å². The minimum Gasteiger partial charge on any atom is -0.377 e. The summed E-state index contributed by atoms with van der Waals surface area (Å²) in [6, 6.07) is 9.32. The van der Waals surface area contributed by atoms with E-state index in [4.69, 9.17) is 4.74 Å². The average molecular weight is 448 g/mol. The zero-order valence-electron chi connectivity index (χ0n) is 17.9. The summed E-state index contributed by atoms with van der Waals surface area (Å²) in [6.45, 7) is 2.53. The monoisotopic (exact) mass is 448 g/mol. The Hall–Kier alpha value is -3.39. The molecule has 8 heteroatoms. The number of aromatic nitrogens is 2. The average Bonchev–Trinajstić information content (AvgIpc) is 3.47. The fourth-order valence-electron chi connectivity index (χ4n) is 4.89. The third-order valence-electron chi connectivity index (χ3n) is 6.76. The van der Waals surface area contributed by atoms with Gasteiger partial charge in [-0.05, 0) is 48.7 Å². The first-order valence-corrected chi connectivity index (χ1v) is 11.1. The highest BCUT2D eigenvalue weighted by molar-refractivity contribution is 5.99. The minimum atomic E-state index is -0.687. The third-order valence-corrected chi connectivity index (χ3v) is 6.76. The Morgan fingerprint density at radius 2 is 1.94 bits per heavy atom. The molecule has 2 aliphatic heterocycles. The quantitative estimate of drug-likeness (QED) is 0.660. The number of hydrogen-bond acceptors (Lipinski definition) is 5. The summed E-state index contributed by atoms with van der Waals surface area (Å²) in [5.41, 5.74) is 3.55. The molecule has 2 fully saturated rings. The van der Waals surface area contributed by atoms with Crippen molar-refractivity contribution in [1.82, 2.24) is 15.3 Å². The van der Waals surface area contributed by atoms with Crippen LogP contribution in [0.2, 0.25) is 0 Å². The van der Waals surface area contributed by atoms with Crippen LogP contribution >= 0.6 is 0 Å². The fourth-order valence-corrected chi connectivity index (χ4v) is 4.89. The number of hydrogen-bond donors (Lipinski definition) is 1. The number of nitrogens with one attached hydrogen (secondary N) is 1. The van der Waals surface area contributed by atoms with Crippen LogP contribution < -0.4 is 10.2 Å². The van der Waals surface area contributed by atoms with Crippen LogP contribution in [0.25, 0.3) is 11.3 Å². The number of pyridine rings is 2. The summed E-state index contributed by atoms with van der Waals surface area (Å²) in [4.78, 5) is 23.9.